The number of nitriles is 1. The summed E-state index contributed by atoms with van der Waals surface area (Å²) in [5.74, 6) is 1.12. The summed E-state index contributed by atoms with van der Waals surface area (Å²) in [6.07, 6.45) is 0.915. The number of rotatable bonds is 3. The van der Waals surface area contributed by atoms with E-state index in [0.717, 1.165) is 34.7 Å². The van der Waals surface area contributed by atoms with Crippen LogP contribution in [0.5, 0.6) is 11.5 Å². The highest BCUT2D eigenvalue weighted by atomic mass is 32.1. The van der Waals surface area contributed by atoms with Crippen LogP contribution in [0.4, 0.5) is 0 Å². The van der Waals surface area contributed by atoms with Crippen LogP contribution >= 0.6 is 11.3 Å². The van der Waals surface area contributed by atoms with Crippen LogP contribution in [0.15, 0.2) is 41.4 Å². The largest absolute Gasteiger partial charge is 0.486 e. The van der Waals surface area contributed by atoms with Crippen LogP contribution in [-0.4, -0.2) is 23.7 Å². The molecular formula is C20H17N3O3S. The molecule has 0 saturated carbocycles. The van der Waals surface area contributed by atoms with E-state index in [1.54, 1.807) is 24.3 Å². The van der Waals surface area contributed by atoms with Gasteiger partial charge in [-0.25, -0.2) is 0 Å². The number of fused-ring (bicyclic) bond motifs is 2. The molecular weight excluding hydrogens is 362 g/mol. The minimum Gasteiger partial charge on any atom is -0.486 e. The Morgan fingerprint density at radius 3 is 2.59 bits per heavy atom. The zero-order chi connectivity index (χ0) is 18.8. The van der Waals surface area contributed by atoms with Gasteiger partial charge >= 0.3 is 0 Å². The van der Waals surface area contributed by atoms with Gasteiger partial charge in [0.15, 0.2) is 16.3 Å². The molecule has 1 aliphatic rings. The van der Waals surface area contributed by atoms with Crippen molar-refractivity contribution in [2.45, 2.75) is 19.9 Å². The van der Waals surface area contributed by atoms with Crippen molar-refractivity contribution in [3.8, 4) is 17.6 Å². The van der Waals surface area contributed by atoms with E-state index in [0.29, 0.717) is 29.1 Å². The highest BCUT2D eigenvalue weighted by molar-refractivity contribution is 7.16. The van der Waals surface area contributed by atoms with Crippen LogP contribution in [0.3, 0.4) is 0 Å². The number of ether oxygens (including phenoxy) is 2. The SMILES string of the molecule is CCCn1c(=NC(=O)c2ccc(C#N)cc2)sc2cc3c(cc21)OCCO3. The quantitative estimate of drug-likeness (QED) is 0.698. The van der Waals surface area contributed by atoms with Crippen LogP contribution in [0.2, 0.25) is 0 Å². The molecule has 0 radical (unpaired) electrons. The maximum Gasteiger partial charge on any atom is 0.279 e. The second-order valence-electron chi connectivity index (χ2n) is 6.11. The highest BCUT2D eigenvalue weighted by Crippen LogP contribution is 2.35. The molecule has 2 aromatic carbocycles. The fourth-order valence-electron chi connectivity index (χ4n) is 2.97. The van der Waals surface area contributed by atoms with E-state index in [-0.39, 0.29) is 5.91 Å². The van der Waals surface area contributed by atoms with Gasteiger partial charge in [0.25, 0.3) is 5.91 Å². The molecule has 0 fully saturated rings. The van der Waals surface area contributed by atoms with Gasteiger partial charge in [0.1, 0.15) is 13.2 Å². The summed E-state index contributed by atoms with van der Waals surface area (Å²) >= 11 is 1.45. The lowest BCUT2D eigenvalue weighted by Crippen LogP contribution is -2.17. The van der Waals surface area contributed by atoms with Gasteiger partial charge in [-0.05, 0) is 30.7 Å². The summed E-state index contributed by atoms with van der Waals surface area (Å²) in [7, 11) is 0. The Labute approximate surface area is 159 Å². The number of thiazole rings is 1. The van der Waals surface area contributed by atoms with Crippen LogP contribution in [0, 0.1) is 11.3 Å². The lowest BCUT2D eigenvalue weighted by atomic mass is 10.1. The summed E-state index contributed by atoms with van der Waals surface area (Å²) in [6.45, 7) is 3.90. The van der Waals surface area contributed by atoms with E-state index in [1.807, 2.05) is 22.8 Å². The van der Waals surface area contributed by atoms with Gasteiger partial charge in [0, 0.05) is 24.2 Å². The molecule has 6 nitrogen and oxygen atoms in total. The van der Waals surface area contributed by atoms with E-state index < -0.39 is 0 Å². The molecule has 7 heteroatoms. The fourth-order valence-corrected chi connectivity index (χ4v) is 4.03. The number of aromatic nitrogens is 1. The van der Waals surface area contributed by atoms with Gasteiger partial charge in [0.05, 0.1) is 21.8 Å². The first-order chi connectivity index (χ1) is 13.2. The number of hydrogen-bond donors (Lipinski definition) is 0. The topological polar surface area (TPSA) is 76.6 Å². The van der Waals surface area contributed by atoms with Gasteiger partial charge in [0.2, 0.25) is 0 Å². The van der Waals surface area contributed by atoms with Crippen molar-refractivity contribution in [2.24, 2.45) is 4.99 Å². The number of carbonyl (C=O) groups is 1. The van der Waals surface area contributed by atoms with Crippen molar-refractivity contribution in [1.29, 1.82) is 5.26 Å². The van der Waals surface area contributed by atoms with Crippen molar-refractivity contribution in [3.05, 3.63) is 52.3 Å². The molecule has 1 amide bonds. The lowest BCUT2D eigenvalue weighted by Gasteiger charge is -2.18. The monoisotopic (exact) mass is 379 g/mol. The average molecular weight is 379 g/mol. The fraction of sp³-hybridized carbons (Fsp3) is 0.250. The summed E-state index contributed by atoms with van der Waals surface area (Å²) in [5, 5.41) is 8.89. The third-order valence-electron chi connectivity index (χ3n) is 4.25. The minimum absolute atomic E-state index is 0.326. The number of aryl methyl sites for hydroxylation is 1. The third-order valence-corrected chi connectivity index (χ3v) is 5.29. The number of benzene rings is 2. The zero-order valence-electron chi connectivity index (χ0n) is 14.8. The first-order valence-corrected chi connectivity index (χ1v) is 9.53. The predicted molar refractivity (Wildman–Crippen MR) is 102 cm³/mol. The molecule has 0 spiro atoms. The molecule has 1 aliphatic heterocycles. The van der Waals surface area contributed by atoms with E-state index in [1.165, 1.54) is 11.3 Å². The van der Waals surface area contributed by atoms with Crippen LogP contribution in [0.1, 0.15) is 29.3 Å². The van der Waals surface area contributed by atoms with Crippen LogP contribution < -0.4 is 14.3 Å². The van der Waals surface area contributed by atoms with Gasteiger partial charge in [-0.15, -0.1) is 0 Å². The van der Waals surface area contributed by atoms with Gasteiger partial charge in [-0.2, -0.15) is 10.3 Å². The van der Waals surface area contributed by atoms with Crippen LogP contribution in [0.25, 0.3) is 10.2 Å². The van der Waals surface area contributed by atoms with E-state index in [9.17, 15) is 4.79 Å². The number of carbonyl (C=O) groups excluding carboxylic acids is 1. The Bertz CT molecular complexity index is 1120. The molecule has 0 bridgehead atoms. The molecule has 0 aliphatic carbocycles. The molecule has 27 heavy (non-hydrogen) atoms. The summed E-state index contributed by atoms with van der Waals surface area (Å²) in [5.41, 5.74) is 1.96. The maximum atomic E-state index is 12.6. The Kier molecular flexibility index (Phi) is 4.65. The summed E-state index contributed by atoms with van der Waals surface area (Å²) in [4.78, 5) is 17.6. The lowest BCUT2D eigenvalue weighted by molar-refractivity contribution is 0.0998. The normalized spacial score (nSPS) is 13.6. The van der Waals surface area contributed by atoms with Crippen molar-refractivity contribution in [3.63, 3.8) is 0 Å². The molecule has 0 atom stereocenters. The molecule has 136 valence electrons. The smallest absolute Gasteiger partial charge is 0.279 e. The van der Waals surface area contributed by atoms with Gasteiger partial charge in [-0.3, -0.25) is 4.79 Å². The third kappa shape index (κ3) is 3.32. The molecule has 1 aromatic heterocycles. The Morgan fingerprint density at radius 1 is 1.22 bits per heavy atom. The van der Waals surface area contributed by atoms with Crippen LogP contribution in [-0.2, 0) is 6.54 Å². The second-order valence-corrected chi connectivity index (χ2v) is 7.12. The zero-order valence-corrected chi connectivity index (χ0v) is 15.6. The number of amides is 1. The van der Waals surface area contributed by atoms with Crippen molar-refractivity contribution < 1.29 is 14.3 Å². The summed E-state index contributed by atoms with van der Waals surface area (Å²) in [6, 6.07) is 12.5. The Balaban J connectivity index is 1.81. The molecule has 3 aromatic rings. The van der Waals surface area contributed by atoms with Crippen molar-refractivity contribution in [2.75, 3.05) is 13.2 Å². The minimum atomic E-state index is -0.326. The first kappa shape index (κ1) is 17.3. The molecule has 0 N–H and O–H groups in total. The molecule has 4 rings (SSSR count). The standard InChI is InChI=1S/C20H17N3O3S/c1-2-7-23-15-10-16-17(26-9-8-25-16)11-18(15)27-20(23)22-19(24)14-5-3-13(12-21)4-6-14/h3-6,10-11H,2,7-9H2,1H3. The van der Waals surface area contributed by atoms with Gasteiger partial charge < -0.3 is 14.0 Å². The van der Waals surface area contributed by atoms with E-state index in [4.69, 9.17) is 14.7 Å². The number of nitrogens with zero attached hydrogens (tertiary/aromatic N) is 3. The maximum absolute atomic E-state index is 12.6. The van der Waals surface area contributed by atoms with Crippen molar-refractivity contribution in [1.82, 2.24) is 4.57 Å². The average Bonchev–Trinajstić information content (AvgIpc) is 3.02. The molecule has 2 heterocycles. The van der Waals surface area contributed by atoms with Crippen molar-refractivity contribution >= 4 is 27.5 Å². The Morgan fingerprint density at radius 2 is 1.93 bits per heavy atom. The number of hydrogen-bond acceptors (Lipinski definition) is 5. The Hall–Kier alpha value is -3.11. The highest BCUT2D eigenvalue weighted by Gasteiger charge is 2.16. The van der Waals surface area contributed by atoms with E-state index in [2.05, 4.69) is 11.9 Å². The van der Waals surface area contributed by atoms with Gasteiger partial charge in [-0.1, -0.05) is 18.3 Å². The molecule has 0 saturated heterocycles. The first-order valence-electron chi connectivity index (χ1n) is 8.72. The summed E-state index contributed by atoms with van der Waals surface area (Å²) < 4.78 is 14.4. The second kappa shape index (κ2) is 7.25. The van der Waals surface area contributed by atoms with E-state index >= 15 is 0 Å². The predicted octanol–water partition coefficient (Wildman–Crippen LogP) is 3.50. The molecule has 0 unspecified atom stereocenters.